The number of hydrogen-bond acceptors (Lipinski definition) is 5. The summed E-state index contributed by atoms with van der Waals surface area (Å²) in [6.45, 7) is 5.31. The first kappa shape index (κ1) is 20.5. The van der Waals surface area contributed by atoms with E-state index in [4.69, 9.17) is 9.47 Å². The molecule has 0 radical (unpaired) electrons. The van der Waals surface area contributed by atoms with Crippen LogP contribution in [0, 0.1) is 0 Å². The van der Waals surface area contributed by atoms with Crippen LogP contribution in [0.4, 0.5) is 4.79 Å². The molecule has 0 bridgehead atoms. The van der Waals surface area contributed by atoms with Gasteiger partial charge in [0.05, 0.1) is 0 Å². The SMILES string of the molecule is CC(C)(C)OC(=O)Oc1ccc([S+]2c3ccccc3S(=O)(=O)c3ccccc32)cc1. The zero-order chi connectivity index (χ0) is 21.5. The molecule has 0 unspecified atom stereocenters. The molecule has 0 spiro atoms. The molecule has 0 fully saturated rings. The predicted molar refractivity (Wildman–Crippen MR) is 114 cm³/mol. The molecular formula is C23H21O5S2+. The van der Waals surface area contributed by atoms with Crippen molar-refractivity contribution in [2.24, 2.45) is 0 Å². The Balaban J connectivity index is 1.72. The molecule has 1 aliphatic heterocycles. The summed E-state index contributed by atoms with van der Waals surface area (Å²) < 4.78 is 36.6. The summed E-state index contributed by atoms with van der Waals surface area (Å²) in [5, 5.41) is 0. The van der Waals surface area contributed by atoms with Gasteiger partial charge in [-0.05, 0) is 69.3 Å². The standard InChI is InChI=1S/C23H21O5S2/c1-23(2,3)28-22(24)27-16-12-14-17(15-13-16)29-18-8-4-6-10-20(18)30(25,26)21-11-7-5-9-19(21)29/h4-15H,1-3H3/q+1. The van der Waals surface area contributed by atoms with E-state index in [9.17, 15) is 13.2 Å². The van der Waals surface area contributed by atoms with Crippen molar-refractivity contribution in [3.8, 4) is 5.75 Å². The van der Waals surface area contributed by atoms with Gasteiger partial charge in [-0.1, -0.05) is 24.3 Å². The quantitative estimate of drug-likeness (QED) is 0.242. The van der Waals surface area contributed by atoms with Gasteiger partial charge in [-0.15, -0.1) is 0 Å². The molecule has 3 aromatic rings. The molecular weight excluding hydrogens is 420 g/mol. The summed E-state index contributed by atoms with van der Waals surface area (Å²) in [6, 6.07) is 21.3. The molecule has 0 aromatic heterocycles. The second-order valence-electron chi connectivity index (χ2n) is 7.74. The largest absolute Gasteiger partial charge is 0.514 e. The van der Waals surface area contributed by atoms with Gasteiger partial charge >= 0.3 is 6.16 Å². The molecule has 0 atom stereocenters. The Labute approximate surface area is 178 Å². The van der Waals surface area contributed by atoms with Crippen LogP contribution in [0.15, 0.2) is 97.3 Å². The molecule has 1 heterocycles. The zero-order valence-corrected chi connectivity index (χ0v) is 18.4. The Morgan fingerprint density at radius 1 is 0.800 bits per heavy atom. The number of sulfone groups is 1. The molecule has 5 nitrogen and oxygen atoms in total. The third-order valence-electron chi connectivity index (χ3n) is 4.37. The van der Waals surface area contributed by atoms with Crippen LogP contribution in [-0.2, 0) is 25.5 Å². The van der Waals surface area contributed by atoms with Crippen molar-refractivity contribution < 1.29 is 22.7 Å². The molecule has 3 aromatic carbocycles. The average molecular weight is 442 g/mol. The lowest BCUT2D eigenvalue weighted by Crippen LogP contribution is -2.26. The van der Waals surface area contributed by atoms with Crippen LogP contribution >= 0.6 is 0 Å². The summed E-state index contributed by atoms with van der Waals surface area (Å²) in [5.41, 5.74) is -0.639. The lowest BCUT2D eigenvalue weighted by atomic mass is 10.2. The second kappa shape index (κ2) is 7.49. The van der Waals surface area contributed by atoms with Gasteiger partial charge in [0.1, 0.15) is 32.0 Å². The Morgan fingerprint density at radius 3 is 1.80 bits per heavy atom. The number of carbonyl (C=O) groups excluding carboxylic acids is 1. The van der Waals surface area contributed by atoms with Crippen molar-refractivity contribution in [2.45, 2.75) is 50.8 Å². The molecule has 30 heavy (non-hydrogen) atoms. The molecule has 154 valence electrons. The van der Waals surface area contributed by atoms with E-state index in [-0.39, 0.29) is 0 Å². The number of fused-ring (bicyclic) bond motifs is 2. The summed E-state index contributed by atoms with van der Waals surface area (Å²) in [7, 11) is -4.15. The van der Waals surface area contributed by atoms with Gasteiger partial charge in [0.15, 0.2) is 14.7 Å². The van der Waals surface area contributed by atoms with E-state index in [0.717, 1.165) is 14.7 Å². The third kappa shape index (κ3) is 3.82. The van der Waals surface area contributed by atoms with E-state index in [2.05, 4.69) is 0 Å². The van der Waals surface area contributed by atoms with E-state index < -0.39 is 32.5 Å². The van der Waals surface area contributed by atoms with Crippen LogP contribution in [0.3, 0.4) is 0 Å². The van der Waals surface area contributed by atoms with Crippen molar-refractivity contribution >= 4 is 26.9 Å². The molecule has 0 amide bonds. The molecule has 0 aliphatic carbocycles. The lowest BCUT2D eigenvalue weighted by molar-refractivity contribution is 0.0206. The maximum atomic E-state index is 13.1. The van der Waals surface area contributed by atoms with Crippen LogP contribution in [-0.4, -0.2) is 20.2 Å². The zero-order valence-electron chi connectivity index (χ0n) is 16.8. The van der Waals surface area contributed by atoms with Crippen molar-refractivity contribution in [3.63, 3.8) is 0 Å². The highest BCUT2D eigenvalue weighted by Gasteiger charge is 2.44. The van der Waals surface area contributed by atoms with E-state index in [0.29, 0.717) is 15.5 Å². The van der Waals surface area contributed by atoms with Gasteiger partial charge in [0.25, 0.3) is 0 Å². The highest BCUT2D eigenvalue weighted by molar-refractivity contribution is 8.00. The maximum absolute atomic E-state index is 13.1. The topological polar surface area (TPSA) is 69.7 Å². The Kier molecular flexibility index (Phi) is 5.11. The van der Waals surface area contributed by atoms with E-state index in [1.165, 1.54) is 0 Å². The monoisotopic (exact) mass is 441 g/mol. The fourth-order valence-electron chi connectivity index (χ4n) is 3.18. The fraction of sp³-hybridized carbons (Fsp3) is 0.174. The third-order valence-corrected chi connectivity index (χ3v) is 8.83. The molecule has 0 N–H and O–H groups in total. The van der Waals surface area contributed by atoms with Crippen molar-refractivity contribution in [1.29, 1.82) is 0 Å². The molecule has 0 saturated heterocycles. The lowest BCUT2D eigenvalue weighted by Gasteiger charge is -2.20. The van der Waals surface area contributed by atoms with E-state index in [1.54, 1.807) is 57.2 Å². The summed E-state index contributed by atoms with van der Waals surface area (Å²) >= 11 is 0. The Morgan fingerprint density at radius 2 is 1.30 bits per heavy atom. The van der Waals surface area contributed by atoms with Gasteiger partial charge in [0, 0.05) is 0 Å². The highest BCUT2D eigenvalue weighted by Crippen LogP contribution is 2.44. The van der Waals surface area contributed by atoms with Gasteiger partial charge in [-0.3, -0.25) is 0 Å². The van der Waals surface area contributed by atoms with Crippen LogP contribution in [0.1, 0.15) is 20.8 Å². The Hall–Kier alpha value is -2.77. The fourth-order valence-corrected chi connectivity index (χ4v) is 7.88. The highest BCUT2D eigenvalue weighted by atomic mass is 32.2. The van der Waals surface area contributed by atoms with Crippen molar-refractivity contribution in [3.05, 3.63) is 72.8 Å². The van der Waals surface area contributed by atoms with Crippen molar-refractivity contribution in [1.82, 2.24) is 0 Å². The number of rotatable bonds is 2. The predicted octanol–water partition coefficient (Wildman–Crippen LogP) is 5.24. The minimum Gasteiger partial charge on any atom is -0.428 e. The van der Waals surface area contributed by atoms with Gasteiger partial charge in [-0.2, -0.15) is 0 Å². The first-order valence-corrected chi connectivity index (χ1v) is 12.1. The van der Waals surface area contributed by atoms with Crippen molar-refractivity contribution in [2.75, 3.05) is 0 Å². The normalized spacial score (nSPS) is 15.0. The van der Waals surface area contributed by atoms with Crippen LogP contribution < -0.4 is 4.74 Å². The second-order valence-corrected chi connectivity index (χ2v) is 11.6. The average Bonchev–Trinajstić information content (AvgIpc) is 2.68. The first-order valence-electron chi connectivity index (χ1n) is 9.35. The van der Waals surface area contributed by atoms with Gasteiger partial charge in [-0.25, -0.2) is 13.2 Å². The number of benzene rings is 3. The van der Waals surface area contributed by atoms with E-state index >= 15 is 0 Å². The Bertz CT molecular complexity index is 1160. The van der Waals surface area contributed by atoms with Gasteiger partial charge in [0.2, 0.25) is 9.84 Å². The molecule has 4 rings (SSSR count). The molecule has 0 saturated carbocycles. The van der Waals surface area contributed by atoms with E-state index in [1.807, 2.05) is 36.4 Å². The molecule has 1 aliphatic rings. The summed E-state index contributed by atoms with van der Waals surface area (Å²) in [4.78, 5) is 15.0. The summed E-state index contributed by atoms with van der Waals surface area (Å²) in [5.74, 6) is 0.364. The minimum atomic E-state index is -3.56. The van der Waals surface area contributed by atoms with Crippen LogP contribution in [0.5, 0.6) is 5.75 Å². The number of ether oxygens (including phenoxy) is 2. The number of hydrogen-bond donors (Lipinski definition) is 0. The van der Waals surface area contributed by atoms with Gasteiger partial charge < -0.3 is 9.47 Å². The first-order chi connectivity index (χ1) is 14.2. The smallest absolute Gasteiger partial charge is 0.428 e. The summed E-state index contributed by atoms with van der Waals surface area (Å²) in [6.07, 6.45) is -0.767. The van der Waals surface area contributed by atoms with Crippen LogP contribution in [0.2, 0.25) is 0 Å². The number of carbonyl (C=O) groups is 1. The maximum Gasteiger partial charge on any atom is 0.514 e. The molecule has 7 heteroatoms. The minimum absolute atomic E-state index is 0.334. The van der Waals surface area contributed by atoms with Crippen LogP contribution in [0.25, 0.3) is 0 Å².